The van der Waals surface area contributed by atoms with Crippen LogP contribution in [0.25, 0.3) is 0 Å². The molecule has 1 rings (SSSR count). The van der Waals surface area contributed by atoms with Gasteiger partial charge in [0.05, 0.1) is 7.11 Å². The minimum atomic E-state index is -0.646. The number of alkyl carbamates (subject to hydrolysis) is 1. The van der Waals surface area contributed by atoms with E-state index in [1.165, 1.54) is 7.11 Å². The largest absolute Gasteiger partial charge is 0.464 e. The second-order valence-electron chi connectivity index (χ2n) is 6.18. The zero-order valence-electron chi connectivity index (χ0n) is 12.3. The van der Waals surface area contributed by atoms with Crippen LogP contribution < -0.4 is 5.32 Å². The molecule has 5 nitrogen and oxygen atoms in total. The minimum Gasteiger partial charge on any atom is -0.464 e. The standard InChI is InChI=1S/C14H23NO4/c1-13(2,3)19-12(17)15-10(11(16)18-5)9-14(4)7-6-8-14/h9H,6-8H2,1-5H3,(H,15,17)/b10-9+. The molecule has 1 amide bonds. The fourth-order valence-electron chi connectivity index (χ4n) is 1.90. The first-order chi connectivity index (χ1) is 8.65. The summed E-state index contributed by atoms with van der Waals surface area (Å²) in [4.78, 5) is 23.4. The van der Waals surface area contributed by atoms with Gasteiger partial charge < -0.3 is 9.47 Å². The number of ether oxygens (including phenoxy) is 2. The summed E-state index contributed by atoms with van der Waals surface area (Å²) in [6.07, 6.45) is 4.26. The number of carbonyl (C=O) groups excluding carboxylic acids is 2. The minimum absolute atomic E-state index is 0.0431. The molecule has 0 aliphatic heterocycles. The number of hydrogen-bond acceptors (Lipinski definition) is 4. The second kappa shape index (κ2) is 5.63. The third-order valence-electron chi connectivity index (χ3n) is 3.03. The Labute approximate surface area is 114 Å². The van der Waals surface area contributed by atoms with Crippen LogP contribution in [0, 0.1) is 5.41 Å². The molecule has 1 aliphatic rings. The molecule has 1 fully saturated rings. The van der Waals surface area contributed by atoms with Gasteiger partial charge in [-0.1, -0.05) is 13.3 Å². The maximum atomic E-state index is 11.7. The molecule has 1 saturated carbocycles. The molecule has 0 atom stereocenters. The maximum Gasteiger partial charge on any atom is 0.412 e. The third-order valence-corrected chi connectivity index (χ3v) is 3.03. The van der Waals surface area contributed by atoms with E-state index in [1.54, 1.807) is 26.8 Å². The number of methoxy groups -OCH3 is 1. The second-order valence-corrected chi connectivity index (χ2v) is 6.18. The van der Waals surface area contributed by atoms with Crippen molar-refractivity contribution in [2.45, 2.75) is 52.6 Å². The Morgan fingerprint density at radius 2 is 1.84 bits per heavy atom. The SMILES string of the molecule is COC(=O)/C(=C\C1(C)CCC1)NC(=O)OC(C)(C)C. The molecule has 5 heteroatoms. The summed E-state index contributed by atoms with van der Waals surface area (Å²) >= 11 is 0. The lowest BCUT2D eigenvalue weighted by Crippen LogP contribution is -2.36. The maximum absolute atomic E-state index is 11.7. The number of nitrogens with one attached hydrogen (secondary N) is 1. The zero-order valence-corrected chi connectivity index (χ0v) is 12.3. The molecule has 1 N–H and O–H groups in total. The van der Waals surface area contributed by atoms with E-state index in [0.717, 1.165) is 19.3 Å². The molecule has 108 valence electrons. The Morgan fingerprint density at radius 3 is 2.21 bits per heavy atom. The van der Waals surface area contributed by atoms with E-state index in [2.05, 4.69) is 17.0 Å². The lowest BCUT2D eigenvalue weighted by Gasteiger charge is -2.35. The number of allylic oxidation sites excluding steroid dienone is 1. The Morgan fingerprint density at radius 1 is 1.26 bits per heavy atom. The Kier molecular flexibility index (Phi) is 4.61. The van der Waals surface area contributed by atoms with Crippen LogP contribution in [-0.2, 0) is 14.3 Å². The molecule has 0 aromatic rings. The molecule has 0 radical (unpaired) electrons. The molecule has 19 heavy (non-hydrogen) atoms. The molecule has 0 aromatic heterocycles. The van der Waals surface area contributed by atoms with Crippen LogP contribution in [0.2, 0.25) is 0 Å². The zero-order chi connectivity index (χ0) is 14.7. The van der Waals surface area contributed by atoms with E-state index in [1.807, 2.05) is 0 Å². The predicted molar refractivity (Wildman–Crippen MR) is 71.4 cm³/mol. The van der Waals surface area contributed by atoms with E-state index >= 15 is 0 Å². The average molecular weight is 269 g/mol. The summed E-state index contributed by atoms with van der Waals surface area (Å²) in [6.45, 7) is 7.35. The summed E-state index contributed by atoms with van der Waals surface area (Å²) in [5.74, 6) is -0.556. The van der Waals surface area contributed by atoms with E-state index in [4.69, 9.17) is 4.74 Å². The van der Waals surface area contributed by atoms with Crippen molar-refractivity contribution in [2.24, 2.45) is 5.41 Å². The van der Waals surface area contributed by atoms with Gasteiger partial charge in [-0.2, -0.15) is 0 Å². The topological polar surface area (TPSA) is 64.6 Å². The van der Waals surface area contributed by atoms with Crippen molar-refractivity contribution in [3.63, 3.8) is 0 Å². The molecule has 0 unspecified atom stereocenters. The van der Waals surface area contributed by atoms with Crippen molar-refractivity contribution >= 4 is 12.1 Å². The summed E-state index contributed by atoms with van der Waals surface area (Å²) in [6, 6.07) is 0. The average Bonchev–Trinajstić information content (AvgIpc) is 2.22. The van der Waals surface area contributed by atoms with Crippen molar-refractivity contribution in [1.82, 2.24) is 5.32 Å². The number of amides is 1. The molecular formula is C14H23NO4. The van der Waals surface area contributed by atoms with E-state index in [9.17, 15) is 9.59 Å². The van der Waals surface area contributed by atoms with Crippen molar-refractivity contribution < 1.29 is 19.1 Å². The van der Waals surface area contributed by atoms with Gasteiger partial charge in [-0.05, 0) is 45.1 Å². The van der Waals surface area contributed by atoms with Crippen LogP contribution in [-0.4, -0.2) is 24.8 Å². The first-order valence-corrected chi connectivity index (χ1v) is 6.46. The lowest BCUT2D eigenvalue weighted by molar-refractivity contribution is -0.136. The van der Waals surface area contributed by atoms with Crippen LogP contribution in [0.1, 0.15) is 47.0 Å². The van der Waals surface area contributed by atoms with E-state index in [-0.39, 0.29) is 11.1 Å². The number of carbonyl (C=O) groups is 2. The normalized spacial score (nSPS) is 18.3. The Bertz CT molecular complexity index is 389. The van der Waals surface area contributed by atoms with Crippen LogP contribution in [0.5, 0.6) is 0 Å². The highest BCUT2D eigenvalue weighted by molar-refractivity contribution is 5.92. The highest BCUT2D eigenvalue weighted by atomic mass is 16.6. The van der Waals surface area contributed by atoms with Gasteiger partial charge in [0.15, 0.2) is 0 Å². The van der Waals surface area contributed by atoms with Gasteiger partial charge in [-0.15, -0.1) is 0 Å². The van der Waals surface area contributed by atoms with Crippen molar-refractivity contribution in [1.29, 1.82) is 0 Å². The smallest absolute Gasteiger partial charge is 0.412 e. The van der Waals surface area contributed by atoms with Gasteiger partial charge in [0.25, 0.3) is 0 Å². The van der Waals surface area contributed by atoms with Gasteiger partial charge in [0.1, 0.15) is 11.3 Å². The number of rotatable bonds is 3. The number of esters is 1. The summed E-state index contributed by atoms with van der Waals surface area (Å²) in [5.41, 5.74) is -0.497. The summed E-state index contributed by atoms with van der Waals surface area (Å²) in [5, 5.41) is 2.47. The lowest BCUT2D eigenvalue weighted by atomic mass is 9.70. The van der Waals surface area contributed by atoms with Crippen molar-refractivity contribution in [3.05, 3.63) is 11.8 Å². The Balaban J connectivity index is 2.76. The molecule has 0 heterocycles. The number of hydrogen-bond donors (Lipinski definition) is 1. The first kappa shape index (κ1) is 15.5. The highest BCUT2D eigenvalue weighted by Crippen LogP contribution is 2.42. The van der Waals surface area contributed by atoms with Crippen LogP contribution in [0.3, 0.4) is 0 Å². The van der Waals surface area contributed by atoms with Crippen LogP contribution in [0.4, 0.5) is 4.79 Å². The molecule has 0 aromatic carbocycles. The van der Waals surface area contributed by atoms with Gasteiger partial charge in [0.2, 0.25) is 0 Å². The van der Waals surface area contributed by atoms with Crippen molar-refractivity contribution in [3.8, 4) is 0 Å². The third kappa shape index (κ3) is 4.93. The predicted octanol–water partition coefficient (Wildman–Crippen LogP) is 2.76. The highest BCUT2D eigenvalue weighted by Gasteiger charge is 2.32. The Hall–Kier alpha value is -1.52. The quantitative estimate of drug-likeness (QED) is 0.632. The first-order valence-electron chi connectivity index (χ1n) is 6.46. The van der Waals surface area contributed by atoms with Crippen molar-refractivity contribution in [2.75, 3.05) is 7.11 Å². The van der Waals surface area contributed by atoms with Gasteiger partial charge in [0, 0.05) is 0 Å². The molecule has 0 spiro atoms. The van der Waals surface area contributed by atoms with Gasteiger partial charge in [-0.3, -0.25) is 5.32 Å². The van der Waals surface area contributed by atoms with Crippen LogP contribution >= 0.6 is 0 Å². The monoisotopic (exact) mass is 269 g/mol. The van der Waals surface area contributed by atoms with E-state index < -0.39 is 17.7 Å². The summed E-state index contributed by atoms with van der Waals surface area (Å²) in [7, 11) is 1.29. The van der Waals surface area contributed by atoms with Gasteiger partial charge >= 0.3 is 12.1 Å². The molecule has 0 saturated heterocycles. The fraction of sp³-hybridized carbons (Fsp3) is 0.714. The fourth-order valence-corrected chi connectivity index (χ4v) is 1.90. The van der Waals surface area contributed by atoms with Crippen LogP contribution in [0.15, 0.2) is 11.8 Å². The molecular weight excluding hydrogens is 246 g/mol. The summed E-state index contributed by atoms with van der Waals surface area (Å²) < 4.78 is 9.81. The van der Waals surface area contributed by atoms with E-state index in [0.29, 0.717) is 0 Å². The van der Waals surface area contributed by atoms with Gasteiger partial charge in [-0.25, -0.2) is 9.59 Å². The molecule has 1 aliphatic carbocycles. The molecule has 0 bridgehead atoms.